The van der Waals surface area contributed by atoms with Gasteiger partial charge in [-0.3, -0.25) is 4.79 Å². The first-order chi connectivity index (χ1) is 10.7. The predicted octanol–water partition coefficient (Wildman–Crippen LogP) is 1.93. The van der Waals surface area contributed by atoms with Gasteiger partial charge in [-0.25, -0.2) is 5.43 Å². The van der Waals surface area contributed by atoms with Crippen molar-refractivity contribution in [3.05, 3.63) is 53.6 Å². The number of amides is 1. The van der Waals surface area contributed by atoms with E-state index in [1.54, 1.807) is 12.1 Å². The van der Waals surface area contributed by atoms with E-state index < -0.39 is 0 Å². The molecule has 3 rings (SSSR count). The minimum Gasteiger partial charge on any atom is -0.508 e. The number of rotatable bonds is 3. The van der Waals surface area contributed by atoms with Crippen LogP contribution in [0.1, 0.15) is 15.9 Å². The van der Waals surface area contributed by atoms with E-state index >= 15 is 0 Å². The van der Waals surface area contributed by atoms with Crippen LogP contribution in [0.25, 0.3) is 0 Å². The van der Waals surface area contributed by atoms with Gasteiger partial charge < -0.3 is 14.6 Å². The molecule has 0 fully saturated rings. The summed E-state index contributed by atoms with van der Waals surface area (Å²) < 4.78 is 10.9. The molecular weight excluding hydrogens is 284 g/mol. The molecule has 1 aliphatic heterocycles. The standard InChI is InChI=1S/C16H14N2O4/c19-13-4-2-12(3-5-13)16(20)18-17-10-11-1-6-14-15(9-11)22-8-7-21-14/h1-6,9-10,19H,7-8H2,(H,18,20). The molecule has 0 atom stereocenters. The van der Waals surface area contributed by atoms with Crippen molar-refractivity contribution in [1.82, 2.24) is 5.43 Å². The lowest BCUT2D eigenvalue weighted by Gasteiger charge is -2.18. The minimum atomic E-state index is -0.353. The number of hydrazone groups is 1. The number of hydrogen-bond acceptors (Lipinski definition) is 5. The van der Waals surface area contributed by atoms with E-state index in [1.165, 1.54) is 30.5 Å². The quantitative estimate of drug-likeness (QED) is 0.670. The van der Waals surface area contributed by atoms with Crippen LogP contribution in [0, 0.1) is 0 Å². The number of hydrogen-bond donors (Lipinski definition) is 2. The van der Waals surface area contributed by atoms with Gasteiger partial charge in [0.1, 0.15) is 19.0 Å². The first-order valence-corrected chi connectivity index (χ1v) is 6.74. The summed E-state index contributed by atoms with van der Waals surface area (Å²) >= 11 is 0. The summed E-state index contributed by atoms with van der Waals surface area (Å²) in [5.74, 6) is 1.13. The zero-order valence-electron chi connectivity index (χ0n) is 11.7. The van der Waals surface area contributed by atoms with Gasteiger partial charge in [0.05, 0.1) is 6.21 Å². The number of fused-ring (bicyclic) bond motifs is 1. The van der Waals surface area contributed by atoms with Crippen LogP contribution in [0.4, 0.5) is 0 Å². The van der Waals surface area contributed by atoms with Crippen molar-refractivity contribution in [2.45, 2.75) is 0 Å². The van der Waals surface area contributed by atoms with Gasteiger partial charge in [-0.2, -0.15) is 5.10 Å². The summed E-state index contributed by atoms with van der Waals surface area (Å²) in [6.07, 6.45) is 1.52. The van der Waals surface area contributed by atoms with Crippen molar-refractivity contribution >= 4 is 12.1 Å². The molecule has 1 aliphatic rings. The largest absolute Gasteiger partial charge is 0.508 e. The van der Waals surface area contributed by atoms with Crippen LogP contribution in [0.3, 0.4) is 0 Å². The van der Waals surface area contributed by atoms with Crippen LogP contribution in [0.15, 0.2) is 47.6 Å². The van der Waals surface area contributed by atoms with Crippen LogP contribution in [0.2, 0.25) is 0 Å². The van der Waals surface area contributed by atoms with Gasteiger partial charge in [0, 0.05) is 5.56 Å². The third-order valence-electron chi connectivity index (χ3n) is 3.08. The monoisotopic (exact) mass is 298 g/mol. The van der Waals surface area contributed by atoms with Crippen LogP contribution in [-0.4, -0.2) is 30.4 Å². The first kappa shape index (κ1) is 13.9. The number of ether oxygens (including phenoxy) is 2. The van der Waals surface area contributed by atoms with Crippen LogP contribution >= 0.6 is 0 Å². The van der Waals surface area contributed by atoms with E-state index in [-0.39, 0.29) is 11.7 Å². The molecule has 6 nitrogen and oxygen atoms in total. The Bertz CT molecular complexity index is 711. The highest BCUT2D eigenvalue weighted by Gasteiger charge is 2.11. The smallest absolute Gasteiger partial charge is 0.271 e. The fourth-order valence-electron chi connectivity index (χ4n) is 1.98. The molecule has 0 unspecified atom stereocenters. The van der Waals surface area contributed by atoms with E-state index in [2.05, 4.69) is 10.5 Å². The van der Waals surface area contributed by atoms with E-state index in [0.29, 0.717) is 30.3 Å². The number of carbonyl (C=O) groups excluding carboxylic acids is 1. The fourth-order valence-corrected chi connectivity index (χ4v) is 1.98. The predicted molar refractivity (Wildman–Crippen MR) is 80.6 cm³/mol. The highest BCUT2D eigenvalue weighted by atomic mass is 16.6. The van der Waals surface area contributed by atoms with Gasteiger partial charge in [-0.1, -0.05) is 0 Å². The number of phenols is 1. The van der Waals surface area contributed by atoms with Crippen LogP contribution in [-0.2, 0) is 0 Å². The number of benzene rings is 2. The normalized spacial score (nSPS) is 13.1. The Morgan fingerprint density at radius 2 is 1.82 bits per heavy atom. The molecule has 2 N–H and O–H groups in total. The van der Waals surface area contributed by atoms with Crippen LogP contribution < -0.4 is 14.9 Å². The Morgan fingerprint density at radius 3 is 2.59 bits per heavy atom. The first-order valence-electron chi connectivity index (χ1n) is 6.74. The molecule has 0 bridgehead atoms. The second-order valence-corrected chi connectivity index (χ2v) is 4.65. The molecule has 0 aromatic heterocycles. The third-order valence-corrected chi connectivity index (χ3v) is 3.08. The molecule has 0 radical (unpaired) electrons. The summed E-state index contributed by atoms with van der Waals surface area (Å²) in [6, 6.07) is 11.3. The zero-order chi connectivity index (χ0) is 15.4. The highest BCUT2D eigenvalue weighted by Crippen LogP contribution is 2.30. The Morgan fingerprint density at radius 1 is 1.09 bits per heavy atom. The summed E-state index contributed by atoms with van der Waals surface area (Å²) in [5, 5.41) is 13.1. The average Bonchev–Trinajstić information content (AvgIpc) is 2.55. The zero-order valence-corrected chi connectivity index (χ0v) is 11.7. The van der Waals surface area contributed by atoms with E-state index in [1.807, 2.05) is 6.07 Å². The average molecular weight is 298 g/mol. The Kier molecular flexibility index (Phi) is 3.91. The van der Waals surface area contributed by atoms with Crippen LogP contribution in [0.5, 0.6) is 17.2 Å². The van der Waals surface area contributed by atoms with Gasteiger partial charge in [0.15, 0.2) is 11.5 Å². The summed E-state index contributed by atoms with van der Waals surface area (Å²) in [7, 11) is 0. The molecule has 6 heteroatoms. The number of nitrogens with one attached hydrogen (secondary N) is 1. The molecule has 1 heterocycles. The minimum absolute atomic E-state index is 0.108. The lowest BCUT2D eigenvalue weighted by molar-refractivity contribution is 0.0955. The maximum absolute atomic E-state index is 11.8. The second-order valence-electron chi connectivity index (χ2n) is 4.65. The Balaban J connectivity index is 1.64. The number of nitrogens with zero attached hydrogens (tertiary/aromatic N) is 1. The van der Waals surface area contributed by atoms with Gasteiger partial charge >= 0.3 is 0 Å². The second kappa shape index (κ2) is 6.17. The van der Waals surface area contributed by atoms with E-state index in [4.69, 9.17) is 9.47 Å². The molecular formula is C16H14N2O4. The highest BCUT2D eigenvalue weighted by molar-refractivity contribution is 5.95. The van der Waals surface area contributed by atoms with Gasteiger partial charge in [0.25, 0.3) is 5.91 Å². The lowest BCUT2D eigenvalue weighted by Crippen LogP contribution is -2.17. The SMILES string of the molecule is O=C(NN=Cc1ccc2c(c1)OCCO2)c1ccc(O)cc1. The molecule has 22 heavy (non-hydrogen) atoms. The maximum atomic E-state index is 11.8. The summed E-state index contributed by atoms with van der Waals surface area (Å²) in [6.45, 7) is 1.06. The van der Waals surface area contributed by atoms with Crippen molar-refractivity contribution in [3.63, 3.8) is 0 Å². The molecule has 1 amide bonds. The van der Waals surface area contributed by atoms with Crippen molar-refractivity contribution in [2.24, 2.45) is 5.10 Å². The molecule has 0 spiro atoms. The van der Waals surface area contributed by atoms with Crippen molar-refractivity contribution in [3.8, 4) is 17.2 Å². The molecule has 0 saturated carbocycles. The van der Waals surface area contributed by atoms with Gasteiger partial charge in [-0.05, 0) is 48.0 Å². The Labute approximate surface area is 127 Å². The van der Waals surface area contributed by atoms with E-state index in [0.717, 1.165) is 5.56 Å². The van der Waals surface area contributed by atoms with E-state index in [9.17, 15) is 9.90 Å². The number of carbonyl (C=O) groups is 1. The Hall–Kier alpha value is -3.02. The van der Waals surface area contributed by atoms with Gasteiger partial charge in [0.2, 0.25) is 0 Å². The van der Waals surface area contributed by atoms with Crippen molar-refractivity contribution in [1.29, 1.82) is 0 Å². The molecule has 0 saturated heterocycles. The maximum Gasteiger partial charge on any atom is 0.271 e. The molecule has 2 aromatic rings. The third kappa shape index (κ3) is 3.17. The molecule has 2 aromatic carbocycles. The molecule has 112 valence electrons. The summed E-state index contributed by atoms with van der Waals surface area (Å²) in [4.78, 5) is 11.8. The number of phenolic OH excluding ortho intramolecular Hbond substituents is 1. The topological polar surface area (TPSA) is 80.2 Å². The lowest BCUT2D eigenvalue weighted by atomic mass is 10.2. The summed E-state index contributed by atoms with van der Waals surface area (Å²) in [5.41, 5.74) is 3.63. The molecule has 0 aliphatic carbocycles. The fraction of sp³-hybridized carbons (Fsp3) is 0.125. The number of aromatic hydroxyl groups is 1. The van der Waals surface area contributed by atoms with Crippen molar-refractivity contribution < 1.29 is 19.4 Å². The van der Waals surface area contributed by atoms with Crippen molar-refractivity contribution in [2.75, 3.05) is 13.2 Å². The van der Waals surface area contributed by atoms with Gasteiger partial charge in [-0.15, -0.1) is 0 Å².